The molecule has 0 saturated carbocycles. The van der Waals surface area contributed by atoms with Crippen molar-refractivity contribution in [3.63, 3.8) is 0 Å². The Morgan fingerprint density at radius 1 is 1.06 bits per heavy atom. The molecule has 0 amide bonds. The Labute approximate surface area is 104 Å². The van der Waals surface area contributed by atoms with E-state index in [0.717, 1.165) is 5.69 Å². The Bertz CT molecular complexity index is 763. The number of nitrogens with zero attached hydrogens (tertiary/aromatic N) is 3. The van der Waals surface area contributed by atoms with Crippen molar-refractivity contribution in [2.45, 2.75) is 6.92 Å². The van der Waals surface area contributed by atoms with Gasteiger partial charge in [0.05, 0.1) is 5.39 Å². The Morgan fingerprint density at radius 3 is 2.61 bits per heavy atom. The van der Waals surface area contributed by atoms with Crippen LogP contribution < -0.4 is 5.56 Å². The lowest BCUT2D eigenvalue weighted by Crippen LogP contribution is -2.16. The first-order valence-corrected chi connectivity index (χ1v) is 5.67. The molecule has 0 atom stereocenters. The number of fused-ring (bicyclic) bond motifs is 1. The normalized spacial score (nSPS) is 10.7. The van der Waals surface area contributed by atoms with E-state index in [9.17, 15) is 4.79 Å². The minimum absolute atomic E-state index is 0.234. The smallest absolute Gasteiger partial charge is 0.282 e. The van der Waals surface area contributed by atoms with Gasteiger partial charge in [-0.3, -0.25) is 9.36 Å². The van der Waals surface area contributed by atoms with Crippen LogP contribution >= 0.6 is 0 Å². The second-order valence-electron chi connectivity index (χ2n) is 4.01. The van der Waals surface area contributed by atoms with Crippen molar-refractivity contribution >= 4 is 11.0 Å². The fourth-order valence-corrected chi connectivity index (χ4v) is 2.04. The fraction of sp³-hybridized carbons (Fsp3) is 0.0714. The van der Waals surface area contributed by atoms with Gasteiger partial charge in [-0.25, -0.2) is 4.98 Å². The molecule has 0 bridgehead atoms. The highest BCUT2D eigenvalue weighted by molar-refractivity contribution is 5.75. The molecule has 0 spiro atoms. The van der Waals surface area contributed by atoms with Crippen LogP contribution in [0, 0.1) is 6.92 Å². The predicted octanol–water partition coefficient (Wildman–Crippen LogP) is 2.09. The topological polar surface area (TPSA) is 47.8 Å². The van der Waals surface area contributed by atoms with Gasteiger partial charge in [-0.05, 0) is 31.2 Å². The van der Waals surface area contributed by atoms with Gasteiger partial charge < -0.3 is 0 Å². The van der Waals surface area contributed by atoms with Crippen molar-refractivity contribution in [1.29, 1.82) is 0 Å². The highest BCUT2D eigenvalue weighted by Crippen LogP contribution is 2.15. The third-order valence-corrected chi connectivity index (χ3v) is 2.83. The molecule has 0 N–H and O–H groups in total. The van der Waals surface area contributed by atoms with E-state index in [0.29, 0.717) is 16.9 Å². The molecule has 0 aliphatic rings. The Kier molecular flexibility index (Phi) is 2.41. The van der Waals surface area contributed by atoms with E-state index in [2.05, 4.69) is 9.97 Å². The predicted molar refractivity (Wildman–Crippen MR) is 69.9 cm³/mol. The van der Waals surface area contributed by atoms with Crippen LogP contribution in [0.1, 0.15) is 5.82 Å². The first-order valence-electron chi connectivity index (χ1n) is 5.67. The summed E-state index contributed by atoms with van der Waals surface area (Å²) in [6.45, 7) is 1.81. The summed E-state index contributed by atoms with van der Waals surface area (Å²) in [6.07, 6.45) is 1.68. The maximum atomic E-state index is 11.8. The van der Waals surface area contributed by atoms with Crippen LogP contribution in [0.4, 0.5) is 0 Å². The highest BCUT2D eigenvalue weighted by atomic mass is 16.1. The summed E-state index contributed by atoms with van der Waals surface area (Å²) < 4.78 is 1.89. The monoisotopic (exact) mass is 237 g/mol. The van der Waals surface area contributed by atoms with E-state index in [1.54, 1.807) is 18.3 Å². The molecule has 3 rings (SSSR count). The van der Waals surface area contributed by atoms with E-state index >= 15 is 0 Å². The summed E-state index contributed by atoms with van der Waals surface area (Å²) in [4.78, 5) is 20.2. The van der Waals surface area contributed by atoms with Crippen LogP contribution in [-0.4, -0.2) is 14.5 Å². The third kappa shape index (κ3) is 1.59. The van der Waals surface area contributed by atoms with Crippen LogP contribution in [-0.2, 0) is 0 Å². The van der Waals surface area contributed by atoms with E-state index in [1.165, 1.54) is 0 Å². The maximum absolute atomic E-state index is 11.8. The standard InChI is InChI=1S/C14H11N3O/c1-10-16-14(18)12-8-5-9-15-13(12)17(10)11-6-3-2-4-7-11/h2-9H,1H3. The molecular formula is C14H11N3O. The minimum Gasteiger partial charge on any atom is -0.282 e. The number of rotatable bonds is 1. The number of benzene rings is 1. The summed E-state index contributed by atoms with van der Waals surface area (Å²) in [5.41, 5.74) is 1.36. The Balaban J connectivity index is 2.46. The highest BCUT2D eigenvalue weighted by Gasteiger charge is 2.09. The van der Waals surface area contributed by atoms with Crippen molar-refractivity contribution in [3.8, 4) is 5.69 Å². The lowest BCUT2D eigenvalue weighted by atomic mass is 10.2. The summed E-state index contributed by atoms with van der Waals surface area (Å²) in [6, 6.07) is 13.3. The summed E-state index contributed by atoms with van der Waals surface area (Å²) >= 11 is 0. The number of aromatic nitrogens is 3. The van der Waals surface area contributed by atoms with Crippen molar-refractivity contribution in [1.82, 2.24) is 14.5 Å². The first-order chi connectivity index (χ1) is 8.77. The third-order valence-electron chi connectivity index (χ3n) is 2.83. The maximum Gasteiger partial charge on any atom is 0.282 e. The average Bonchev–Trinajstić information content (AvgIpc) is 2.40. The van der Waals surface area contributed by atoms with Gasteiger partial charge in [-0.2, -0.15) is 4.98 Å². The van der Waals surface area contributed by atoms with Crippen LogP contribution in [0.3, 0.4) is 0 Å². The summed E-state index contributed by atoms with van der Waals surface area (Å²) in [5.74, 6) is 0.636. The minimum atomic E-state index is -0.234. The molecule has 1 aromatic carbocycles. The number of pyridine rings is 1. The van der Waals surface area contributed by atoms with Gasteiger partial charge in [0.15, 0.2) is 5.65 Å². The van der Waals surface area contributed by atoms with Crippen LogP contribution in [0.15, 0.2) is 53.5 Å². The van der Waals surface area contributed by atoms with Crippen molar-refractivity contribution in [3.05, 3.63) is 64.8 Å². The molecular weight excluding hydrogens is 226 g/mol. The second kappa shape index (κ2) is 4.07. The Morgan fingerprint density at radius 2 is 1.83 bits per heavy atom. The molecule has 2 heterocycles. The number of hydrogen-bond acceptors (Lipinski definition) is 3. The molecule has 0 radical (unpaired) electrons. The molecule has 4 nitrogen and oxygen atoms in total. The SMILES string of the molecule is Cc1nc(=O)c2cccnc2n1-c1ccccc1. The zero-order chi connectivity index (χ0) is 12.5. The molecule has 0 unspecified atom stereocenters. The fourth-order valence-electron chi connectivity index (χ4n) is 2.04. The lowest BCUT2D eigenvalue weighted by molar-refractivity contribution is 0.917. The van der Waals surface area contributed by atoms with Gasteiger partial charge in [0.1, 0.15) is 5.82 Å². The van der Waals surface area contributed by atoms with Crippen molar-refractivity contribution in [2.75, 3.05) is 0 Å². The summed E-state index contributed by atoms with van der Waals surface area (Å²) in [5, 5.41) is 0.534. The van der Waals surface area contributed by atoms with E-state index in [4.69, 9.17) is 0 Å². The summed E-state index contributed by atoms with van der Waals surface area (Å²) in [7, 11) is 0. The van der Waals surface area contributed by atoms with Crippen LogP contribution in [0.5, 0.6) is 0 Å². The van der Waals surface area contributed by atoms with E-state index < -0.39 is 0 Å². The van der Waals surface area contributed by atoms with Crippen molar-refractivity contribution in [2.24, 2.45) is 0 Å². The van der Waals surface area contributed by atoms with Gasteiger partial charge in [-0.1, -0.05) is 18.2 Å². The van der Waals surface area contributed by atoms with Gasteiger partial charge in [-0.15, -0.1) is 0 Å². The molecule has 0 saturated heterocycles. The number of hydrogen-bond donors (Lipinski definition) is 0. The second-order valence-corrected chi connectivity index (χ2v) is 4.01. The number of aryl methyl sites for hydroxylation is 1. The molecule has 0 aliphatic heterocycles. The average molecular weight is 237 g/mol. The molecule has 88 valence electrons. The van der Waals surface area contributed by atoms with E-state index in [1.807, 2.05) is 41.8 Å². The molecule has 2 aromatic heterocycles. The van der Waals surface area contributed by atoms with Crippen molar-refractivity contribution < 1.29 is 0 Å². The van der Waals surface area contributed by atoms with Gasteiger partial charge >= 0.3 is 0 Å². The molecule has 3 aromatic rings. The molecule has 0 aliphatic carbocycles. The molecule has 0 fully saturated rings. The van der Waals surface area contributed by atoms with E-state index in [-0.39, 0.29) is 5.56 Å². The van der Waals surface area contributed by atoms with Gasteiger partial charge in [0.2, 0.25) is 0 Å². The number of para-hydroxylation sites is 1. The first kappa shape index (κ1) is 10.7. The zero-order valence-electron chi connectivity index (χ0n) is 9.87. The van der Waals surface area contributed by atoms with Gasteiger partial charge in [0.25, 0.3) is 5.56 Å². The Hall–Kier alpha value is -2.49. The zero-order valence-corrected chi connectivity index (χ0v) is 9.87. The van der Waals surface area contributed by atoms with Crippen LogP contribution in [0.25, 0.3) is 16.7 Å². The lowest BCUT2D eigenvalue weighted by Gasteiger charge is -2.12. The van der Waals surface area contributed by atoms with Crippen LogP contribution in [0.2, 0.25) is 0 Å². The molecule has 4 heteroatoms. The molecule has 18 heavy (non-hydrogen) atoms. The largest absolute Gasteiger partial charge is 0.282 e. The van der Waals surface area contributed by atoms with Gasteiger partial charge in [0, 0.05) is 11.9 Å². The quantitative estimate of drug-likeness (QED) is 0.651.